The maximum absolute atomic E-state index is 13.1. The van der Waals surface area contributed by atoms with Gasteiger partial charge in [-0.3, -0.25) is 4.79 Å². The summed E-state index contributed by atoms with van der Waals surface area (Å²) >= 11 is 0. The van der Waals surface area contributed by atoms with Crippen molar-refractivity contribution in [2.75, 3.05) is 11.9 Å². The van der Waals surface area contributed by atoms with Crippen molar-refractivity contribution in [3.63, 3.8) is 0 Å². The number of carbonyl (C=O) groups excluding carboxylic acids is 1. The van der Waals surface area contributed by atoms with Crippen LogP contribution in [0.2, 0.25) is 0 Å². The molecular formula is C19H21FN2O3S. The van der Waals surface area contributed by atoms with Gasteiger partial charge in [-0.1, -0.05) is 24.6 Å². The molecule has 0 spiro atoms. The minimum atomic E-state index is -3.87. The molecule has 1 atom stereocenters. The number of halogens is 1. The molecule has 7 heteroatoms. The highest BCUT2D eigenvalue weighted by Gasteiger charge is 2.37. The number of anilines is 1. The molecule has 1 saturated heterocycles. The number of piperidine rings is 1. The van der Waals surface area contributed by atoms with E-state index in [2.05, 4.69) is 5.32 Å². The van der Waals surface area contributed by atoms with E-state index in [1.54, 1.807) is 6.07 Å². The Morgan fingerprint density at radius 2 is 1.81 bits per heavy atom. The molecule has 0 bridgehead atoms. The van der Waals surface area contributed by atoms with Crippen molar-refractivity contribution in [2.24, 2.45) is 0 Å². The Morgan fingerprint density at radius 1 is 1.12 bits per heavy atom. The van der Waals surface area contributed by atoms with Crippen LogP contribution in [0.5, 0.6) is 0 Å². The Kier molecular flexibility index (Phi) is 5.38. The number of rotatable bonds is 4. The fourth-order valence-corrected chi connectivity index (χ4v) is 4.78. The van der Waals surface area contributed by atoms with Crippen molar-refractivity contribution in [3.05, 3.63) is 59.9 Å². The summed E-state index contributed by atoms with van der Waals surface area (Å²) in [5.41, 5.74) is 1.58. The summed E-state index contributed by atoms with van der Waals surface area (Å²) < 4.78 is 40.3. The maximum Gasteiger partial charge on any atom is 0.243 e. The lowest BCUT2D eigenvalue weighted by Gasteiger charge is -2.33. The number of sulfonamides is 1. The molecule has 5 nitrogen and oxygen atoms in total. The Morgan fingerprint density at radius 3 is 2.50 bits per heavy atom. The maximum atomic E-state index is 13.1. The third kappa shape index (κ3) is 3.78. The molecule has 26 heavy (non-hydrogen) atoms. The van der Waals surface area contributed by atoms with Gasteiger partial charge in [-0.05, 0) is 55.7 Å². The Hall–Kier alpha value is -2.25. The second-order valence-corrected chi connectivity index (χ2v) is 8.28. The average molecular weight is 376 g/mol. The van der Waals surface area contributed by atoms with Crippen LogP contribution in [-0.4, -0.2) is 31.2 Å². The lowest BCUT2D eigenvalue weighted by atomic mass is 10.0. The van der Waals surface area contributed by atoms with E-state index in [4.69, 9.17) is 0 Å². The van der Waals surface area contributed by atoms with E-state index in [1.165, 1.54) is 16.4 Å². The monoisotopic (exact) mass is 376 g/mol. The number of nitrogens with zero attached hydrogens (tertiary/aromatic N) is 1. The van der Waals surface area contributed by atoms with Gasteiger partial charge in [-0.2, -0.15) is 4.31 Å². The first-order valence-electron chi connectivity index (χ1n) is 8.53. The van der Waals surface area contributed by atoms with Gasteiger partial charge in [-0.15, -0.1) is 0 Å². The molecule has 0 radical (unpaired) electrons. The number of amides is 1. The van der Waals surface area contributed by atoms with E-state index in [1.807, 2.05) is 25.1 Å². The lowest BCUT2D eigenvalue weighted by Crippen LogP contribution is -2.49. The molecule has 0 unspecified atom stereocenters. The van der Waals surface area contributed by atoms with Gasteiger partial charge >= 0.3 is 0 Å². The number of aryl methyl sites for hydroxylation is 1. The van der Waals surface area contributed by atoms with E-state index < -0.39 is 21.9 Å². The van der Waals surface area contributed by atoms with Crippen molar-refractivity contribution in [1.82, 2.24) is 4.31 Å². The Labute approximate surface area is 152 Å². The molecule has 0 aliphatic carbocycles. The van der Waals surface area contributed by atoms with Gasteiger partial charge in [0.25, 0.3) is 0 Å². The average Bonchev–Trinajstić information content (AvgIpc) is 2.64. The first kappa shape index (κ1) is 18.5. The number of para-hydroxylation sites is 1. The van der Waals surface area contributed by atoms with Gasteiger partial charge in [0, 0.05) is 12.2 Å². The molecule has 1 N–H and O–H groups in total. The van der Waals surface area contributed by atoms with Crippen molar-refractivity contribution >= 4 is 21.6 Å². The van der Waals surface area contributed by atoms with Gasteiger partial charge in [0.1, 0.15) is 11.9 Å². The fourth-order valence-electron chi connectivity index (χ4n) is 3.13. The summed E-state index contributed by atoms with van der Waals surface area (Å²) in [6, 6.07) is 11.3. The van der Waals surface area contributed by atoms with Crippen LogP contribution in [0.15, 0.2) is 53.4 Å². The molecule has 138 valence electrons. The predicted octanol–water partition coefficient (Wildman–Crippen LogP) is 3.32. The number of hydrogen-bond donors (Lipinski definition) is 1. The Bertz CT molecular complexity index is 897. The van der Waals surface area contributed by atoms with E-state index in [0.717, 1.165) is 24.1 Å². The molecule has 0 aromatic heterocycles. The third-order valence-corrected chi connectivity index (χ3v) is 6.50. The number of hydrogen-bond acceptors (Lipinski definition) is 3. The topological polar surface area (TPSA) is 66.5 Å². The van der Waals surface area contributed by atoms with E-state index >= 15 is 0 Å². The van der Waals surface area contributed by atoms with Gasteiger partial charge in [0.05, 0.1) is 4.90 Å². The van der Waals surface area contributed by atoms with Crippen LogP contribution in [0.25, 0.3) is 0 Å². The van der Waals surface area contributed by atoms with Crippen molar-refractivity contribution in [3.8, 4) is 0 Å². The summed E-state index contributed by atoms with van der Waals surface area (Å²) in [4.78, 5) is 12.8. The molecule has 3 rings (SSSR count). The van der Waals surface area contributed by atoms with Crippen LogP contribution in [0.1, 0.15) is 24.8 Å². The quantitative estimate of drug-likeness (QED) is 0.890. The largest absolute Gasteiger partial charge is 0.324 e. The lowest BCUT2D eigenvalue weighted by molar-refractivity contribution is -0.120. The molecule has 2 aromatic carbocycles. The van der Waals surface area contributed by atoms with Crippen molar-refractivity contribution < 1.29 is 17.6 Å². The molecule has 1 aliphatic rings. The van der Waals surface area contributed by atoms with Crippen LogP contribution < -0.4 is 5.32 Å². The van der Waals surface area contributed by atoms with Crippen molar-refractivity contribution in [1.29, 1.82) is 0 Å². The summed E-state index contributed by atoms with van der Waals surface area (Å²) in [6.07, 6.45) is 1.92. The molecule has 1 aliphatic heterocycles. The van der Waals surface area contributed by atoms with Crippen LogP contribution in [-0.2, 0) is 14.8 Å². The highest BCUT2D eigenvalue weighted by Crippen LogP contribution is 2.27. The summed E-state index contributed by atoms with van der Waals surface area (Å²) in [5, 5.41) is 2.84. The summed E-state index contributed by atoms with van der Waals surface area (Å²) in [5.74, 6) is -0.846. The zero-order chi connectivity index (χ0) is 18.7. The highest BCUT2D eigenvalue weighted by molar-refractivity contribution is 7.89. The molecule has 1 amide bonds. The van der Waals surface area contributed by atoms with Crippen LogP contribution >= 0.6 is 0 Å². The van der Waals surface area contributed by atoms with Crippen LogP contribution in [0, 0.1) is 12.7 Å². The van der Waals surface area contributed by atoms with Gasteiger partial charge in [0.2, 0.25) is 15.9 Å². The van der Waals surface area contributed by atoms with E-state index in [-0.39, 0.29) is 17.3 Å². The normalized spacial score (nSPS) is 18.5. The first-order chi connectivity index (χ1) is 12.4. The van der Waals surface area contributed by atoms with Crippen molar-refractivity contribution in [2.45, 2.75) is 37.1 Å². The van der Waals surface area contributed by atoms with E-state index in [9.17, 15) is 17.6 Å². The van der Waals surface area contributed by atoms with Crippen LogP contribution in [0.4, 0.5) is 10.1 Å². The number of carbonyl (C=O) groups is 1. The molecule has 1 heterocycles. The highest BCUT2D eigenvalue weighted by atomic mass is 32.2. The van der Waals surface area contributed by atoms with E-state index in [0.29, 0.717) is 18.5 Å². The predicted molar refractivity (Wildman–Crippen MR) is 97.7 cm³/mol. The standard InChI is InChI=1S/C19H21FN2O3S/c1-14-6-2-3-7-17(14)21-19(23)18-8-4-5-13-22(18)26(24,25)16-11-9-15(20)10-12-16/h2-3,6-7,9-12,18H,4-5,8,13H2,1H3,(H,21,23)/t18-/m1/s1. The zero-order valence-electron chi connectivity index (χ0n) is 14.5. The third-order valence-electron chi connectivity index (χ3n) is 4.58. The fraction of sp³-hybridized carbons (Fsp3) is 0.316. The minimum Gasteiger partial charge on any atom is -0.324 e. The minimum absolute atomic E-state index is 0.00510. The van der Waals surface area contributed by atoms with Gasteiger partial charge < -0.3 is 5.32 Å². The van der Waals surface area contributed by atoms with Gasteiger partial charge in [0.15, 0.2) is 0 Å². The molecule has 2 aromatic rings. The smallest absolute Gasteiger partial charge is 0.243 e. The SMILES string of the molecule is Cc1ccccc1NC(=O)[C@H]1CCCCN1S(=O)(=O)c1ccc(F)cc1. The first-order valence-corrected chi connectivity index (χ1v) is 9.97. The molecule has 0 saturated carbocycles. The number of benzene rings is 2. The van der Waals surface area contributed by atoms with Gasteiger partial charge in [-0.25, -0.2) is 12.8 Å². The summed E-state index contributed by atoms with van der Waals surface area (Å²) in [7, 11) is -3.87. The Balaban J connectivity index is 1.86. The summed E-state index contributed by atoms with van der Waals surface area (Å²) in [6.45, 7) is 2.15. The van der Waals surface area contributed by atoms with Crippen LogP contribution in [0.3, 0.4) is 0 Å². The molecular weight excluding hydrogens is 355 g/mol. The number of nitrogens with one attached hydrogen (secondary N) is 1. The molecule has 1 fully saturated rings. The second-order valence-electron chi connectivity index (χ2n) is 6.39. The zero-order valence-corrected chi connectivity index (χ0v) is 15.3. The second kappa shape index (κ2) is 7.55.